The van der Waals surface area contributed by atoms with Crippen LogP contribution in [-0.2, 0) is 24.8 Å². The molecule has 8 heterocycles. The molecule has 0 bridgehead atoms. The standard InChI is InChI=1S/C26H27BrN4O4S2.C22H21BrN4O2S2.2CH4/c1-26(2,3)35-25(32)30-11-9-17(10-12-30)22-16-36-24(29-22)21-15-31(23-20(21)13-18(27)14-28-23)37(33,34)19-7-5-4-6-8-19;1-26-9-7-15(8-10-26)20-14-30-22(25-20)19-13-27(21-18(19)11-16(23)12-24-21)31(28,29)17-5-3-2-4-6-17;;/h4-8,13-17H,9-12H2,1-3H3;2-6,11-15H,7-10H2,1H3;2*1H4. The molecule has 14 nitrogen and oxygen atoms in total. The number of piperidine rings is 2. The number of fused-ring (bicyclic) bond motifs is 2. The summed E-state index contributed by atoms with van der Waals surface area (Å²) < 4.78 is 63.2. The number of likely N-dealkylation sites (tertiary alicyclic amines) is 2. The first-order valence-corrected chi connectivity index (χ1v) is 28.2. The summed E-state index contributed by atoms with van der Waals surface area (Å²) in [6.07, 6.45) is 9.97. The Morgan fingerprint density at radius 1 is 0.657 bits per heavy atom. The molecule has 370 valence electrons. The van der Waals surface area contributed by atoms with Crippen molar-refractivity contribution in [2.75, 3.05) is 33.2 Å². The van der Waals surface area contributed by atoms with E-state index in [4.69, 9.17) is 14.7 Å². The number of aromatic nitrogens is 6. The lowest BCUT2D eigenvalue weighted by Gasteiger charge is -2.32. The molecule has 20 heteroatoms. The number of thiazole rings is 2. The highest BCUT2D eigenvalue weighted by atomic mass is 79.9. The van der Waals surface area contributed by atoms with Crippen LogP contribution in [0.15, 0.2) is 127 Å². The van der Waals surface area contributed by atoms with Crippen LogP contribution >= 0.6 is 54.5 Å². The van der Waals surface area contributed by atoms with Crippen LogP contribution in [0.2, 0.25) is 0 Å². The molecule has 2 aromatic carbocycles. The lowest BCUT2D eigenvalue weighted by molar-refractivity contribution is 0.0204. The Labute approximate surface area is 435 Å². The minimum Gasteiger partial charge on any atom is -0.444 e. The molecule has 0 saturated carbocycles. The Morgan fingerprint density at radius 3 is 1.46 bits per heavy atom. The predicted molar refractivity (Wildman–Crippen MR) is 288 cm³/mol. The molecule has 2 fully saturated rings. The van der Waals surface area contributed by atoms with Crippen molar-refractivity contribution in [2.24, 2.45) is 0 Å². The van der Waals surface area contributed by atoms with Crippen molar-refractivity contribution in [3.05, 3.63) is 129 Å². The van der Waals surface area contributed by atoms with Crippen molar-refractivity contribution < 1.29 is 26.4 Å². The van der Waals surface area contributed by atoms with Gasteiger partial charge >= 0.3 is 6.09 Å². The number of carbonyl (C=O) groups excluding carboxylic acids is 1. The fourth-order valence-corrected chi connectivity index (χ4v) is 13.6. The molecule has 6 aromatic heterocycles. The predicted octanol–water partition coefficient (Wildman–Crippen LogP) is 12.5. The zero-order chi connectivity index (χ0) is 48.0. The molecule has 0 radical (unpaired) electrons. The van der Waals surface area contributed by atoms with Crippen molar-refractivity contribution >= 4 is 103 Å². The molecule has 0 atom stereocenters. The minimum absolute atomic E-state index is 0. The molecule has 1 amide bonds. The topological polar surface area (TPSA) is 162 Å². The summed E-state index contributed by atoms with van der Waals surface area (Å²) in [5.74, 6) is 0.669. The van der Waals surface area contributed by atoms with E-state index in [0.29, 0.717) is 41.3 Å². The van der Waals surface area contributed by atoms with Gasteiger partial charge in [0.2, 0.25) is 0 Å². The number of pyridine rings is 2. The van der Waals surface area contributed by atoms with Gasteiger partial charge in [0, 0.05) is 91.3 Å². The van der Waals surface area contributed by atoms with Gasteiger partial charge in [0.05, 0.1) is 21.2 Å². The third-order valence-electron chi connectivity index (χ3n) is 12.0. The van der Waals surface area contributed by atoms with Gasteiger partial charge in [-0.2, -0.15) is 0 Å². The summed E-state index contributed by atoms with van der Waals surface area (Å²) in [6.45, 7) is 8.96. The Hall–Kier alpha value is -4.83. The van der Waals surface area contributed by atoms with Crippen LogP contribution in [0.4, 0.5) is 4.79 Å². The Morgan fingerprint density at radius 2 is 1.06 bits per heavy atom. The monoisotopic (exact) mass is 1150 g/mol. The summed E-state index contributed by atoms with van der Waals surface area (Å²) in [6, 6.07) is 20.5. The highest BCUT2D eigenvalue weighted by Gasteiger charge is 2.31. The second-order valence-corrected chi connectivity index (χ2v) is 25.0. The maximum absolute atomic E-state index is 13.5. The fraction of sp³-hybridized carbons (Fsp3) is 0.340. The molecule has 70 heavy (non-hydrogen) atoms. The smallest absolute Gasteiger partial charge is 0.410 e. The zero-order valence-corrected chi connectivity index (χ0v) is 44.1. The molecule has 0 spiro atoms. The van der Waals surface area contributed by atoms with Gasteiger partial charge in [0.15, 0.2) is 11.3 Å². The molecule has 2 saturated heterocycles. The number of ether oxygens (including phenoxy) is 1. The summed E-state index contributed by atoms with van der Waals surface area (Å²) in [5.41, 5.74) is 3.79. The van der Waals surface area contributed by atoms with E-state index in [2.05, 4.69) is 59.2 Å². The maximum atomic E-state index is 13.5. The molecule has 10 rings (SSSR count). The summed E-state index contributed by atoms with van der Waals surface area (Å²) >= 11 is 9.99. The van der Waals surface area contributed by atoms with Crippen LogP contribution in [0.5, 0.6) is 0 Å². The number of rotatable bonds is 8. The quantitative estimate of drug-likeness (QED) is 0.142. The largest absolute Gasteiger partial charge is 0.444 e. The van der Waals surface area contributed by atoms with E-state index in [1.54, 1.807) is 102 Å². The molecule has 2 aliphatic heterocycles. The summed E-state index contributed by atoms with van der Waals surface area (Å²) in [5, 5.41) is 7.17. The third-order valence-corrected chi connectivity index (χ3v) is 17.9. The molecular formula is C50H56Br2N8O6S4. The molecule has 0 aliphatic carbocycles. The van der Waals surface area contributed by atoms with E-state index < -0.39 is 25.6 Å². The zero-order valence-electron chi connectivity index (χ0n) is 37.6. The molecular weight excluding hydrogens is 1100 g/mol. The van der Waals surface area contributed by atoms with Crippen molar-refractivity contribution in [1.82, 2.24) is 37.7 Å². The highest BCUT2D eigenvalue weighted by molar-refractivity contribution is 9.10. The van der Waals surface area contributed by atoms with Crippen molar-refractivity contribution in [3.8, 4) is 21.1 Å². The number of amides is 1. The van der Waals surface area contributed by atoms with Gasteiger partial charge in [0.1, 0.15) is 15.6 Å². The van der Waals surface area contributed by atoms with Crippen molar-refractivity contribution in [1.29, 1.82) is 0 Å². The van der Waals surface area contributed by atoms with Crippen LogP contribution in [0.25, 0.3) is 43.2 Å². The SMILES string of the molecule is C.C.CC(C)(C)OC(=O)N1CCC(c2csc(-c3cn(S(=O)(=O)c4ccccc4)c4ncc(Br)cc34)n2)CC1.CN1CCC(c2csc(-c3cn(S(=O)(=O)c4ccccc4)c4ncc(Br)cc34)n2)CC1. The summed E-state index contributed by atoms with van der Waals surface area (Å²) in [7, 11) is -5.47. The van der Waals surface area contributed by atoms with Crippen LogP contribution < -0.4 is 0 Å². The molecule has 8 aromatic rings. The third kappa shape index (κ3) is 11.1. The van der Waals surface area contributed by atoms with Crippen LogP contribution in [0.1, 0.15) is 84.5 Å². The van der Waals surface area contributed by atoms with Crippen LogP contribution in [-0.4, -0.2) is 99.4 Å². The number of carbonyl (C=O) groups is 1. The van der Waals surface area contributed by atoms with Gasteiger partial charge in [-0.3, -0.25) is 0 Å². The normalized spacial score (nSPS) is 15.3. The van der Waals surface area contributed by atoms with E-state index in [-0.39, 0.29) is 36.7 Å². The Kier molecular flexibility index (Phi) is 16.3. The number of hydrogen-bond acceptors (Lipinski definition) is 13. The van der Waals surface area contributed by atoms with E-state index in [1.165, 1.54) is 19.3 Å². The number of halogens is 2. The van der Waals surface area contributed by atoms with Gasteiger partial charge in [-0.25, -0.2) is 49.5 Å². The van der Waals surface area contributed by atoms with E-state index in [0.717, 1.165) is 80.1 Å². The molecule has 0 unspecified atom stereocenters. The number of nitrogens with zero attached hydrogens (tertiary/aromatic N) is 8. The second kappa shape index (κ2) is 21.5. The van der Waals surface area contributed by atoms with Gasteiger partial charge in [-0.05, 0) is 135 Å². The van der Waals surface area contributed by atoms with Gasteiger partial charge in [0.25, 0.3) is 20.0 Å². The Balaban J connectivity index is 0.000000203. The summed E-state index contributed by atoms with van der Waals surface area (Å²) in [4.78, 5) is 35.6. The van der Waals surface area contributed by atoms with Crippen molar-refractivity contribution in [3.63, 3.8) is 0 Å². The fourth-order valence-electron chi connectivity index (χ4n) is 8.41. The van der Waals surface area contributed by atoms with Gasteiger partial charge in [-0.15, -0.1) is 22.7 Å². The molecule has 2 aliphatic rings. The minimum atomic E-state index is -3.84. The highest BCUT2D eigenvalue weighted by Crippen LogP contribution is 2.40. The first-order chi connectivity index (χ1) is 32.5. The van der Waals surface area contributed by atoms with Gasteiger partial charge < -0.3 is 14.5 Å². The second-order valence-electron chi connectivity index (χ2n) is 17.8. The van der Waals surface area contributed by atoms with E-state index in [1.807, 2.05) is 38.3 Å². The number of hydrogen-bond donors (Lipinski definition) is 0. The first-order valence-electron chi connectivity index (χ1n) is 22.0. The maximum Gasteiger partial charge on any atom is 0.410 e. The van der Waals surface area contributed by atoms with Crippen LogP contribution in [0.3, 0.4) is 0 Å². The lowest BCUT2D eigenvalue weighted by Crippen LogP contribution is -2.41. The average Bonchev–Trinajstić information content (AvgIpc) is 4.15. The van der Waals surface area contributed by atoms with Crippen LogP contribution in [0, 0.1) is 0 Å². The number of benzene rings is 2. The lowest BCUT2D eigenvalue weighted by atomic mass is 9.94. The van der Waals surface area contributed by atoms with Crippen molar-refractivity contribution in [2.45, 2.75) is 88.5 Å². The average molecular weight is 1150 g/mol. The van der Waals surface area contributed by atoms with Gasteiger partial charge in [-0.1, -0.05) is 51.3 Å². The Bertz CT molecular complexity index is 3340. The molecule has 0 N–H and O–H groups in total. The van der Waals surface area contributed by atoms with E-state index in [9.17, 15) is 21.6 Å². The van der Waals surface area contributed by atoms with E-state index >= 15 is 0 Å². The first kappa shape index (κ1) is 53.0.